The van der Waals surface area contributed by atoms with Gasteiger partial charge in [0.2, 0.25) is 0 Å². The largest absolute Gasteiger partial charge is 0.493 e. The van der Waals surface area contributed by atoms with Crippen molar-refractivity contribution in [3.05, 3.63) is 23.8 Å². The zero-order valence-electron chi connectivity index (χ0n) is 12.8. The number of ether oxygens (including phenoxy) is 2. The second-order valence-electron chi connectivity index (χ2n) is 5.20. The molecule has 112 valence electrons. The molecule has 0 radical (unpaired) electrons. The van der Waals surface area contributed by atoms with Crippen LogP contribution in [-0.4, -0.2) is 45.3 Å². The van der Waals surface area contributed by atoms with Crippen LogP contribution in [-0.2, 0) is 0 Å². The molecule has 1 aliphatic heterocycles. The van der Waals surface area contributed by atoms with Crippen LogP contribution in [0.15, 0.2) is 18.2 Å². The number of hydrogen-bond donors (Lipinski definition) is 1. The maximum atomic E-state index is 5.44. The van der Waals surface area contributed by atoms with Gasteiger partial charge in [0.1, 0.15) is 0 Å². The number of hydrogen-bond acceptors (Lipinski definition) is 4. The fourth-order valence-corrected chi connectivity index (χ4v) is 2.89. The molecule has 1 atom stereocenters. The lowest BCUT2D eigenvalue weighted by molar-refractivity contribution is 0.164. The number of piperazine rings is 1. The molecule has 0 amide bonds. The number of nitrogens with one attached hydrogen (secondary N) is 1. The predicted molar refractivity (Wildman–Crippen MR) is 81.6 cm³/mol. The van der Waals surface area contributed by atoms with Crippen LogP contribution >= 0.6 is 0 Å². The summed E-state index contributed by atoms with van der Waals surface area (Å²) in [6, 6.07) is 6.78. The molecule has 20 heavy (non-hydrogen) atoms. The third kappa shape index (κ3) is 3.44. The molecule has 0 unspecified atom stereocenters. The minimum Gasteiger partial charge on any atom is -0.493 e. The summed E-state index contributed by atoms with van der Waals surface area (Å²) in [7, 11) is 3.37. The van der Waals surface area contributed by atoms with E-state index in [9.17, 15) is 0 Å². The summed E-state index contributed by atoms with van der Waals surface area (Å²) in [5, 5.41) is 3.42. The molecular weight excluding hydrogens is 252 g/mol. The van der Waals surface area contributed by atoms with Crippen LogP contribution in [0.25, 0.3) is 0 Å². The van der Waals surface area contributed by atoms with E-state index in [1.54, 1.807) is 14.2 Å². The zero-order chi connectivity index (χ0) is 14.4. The van der Waals surface area contributed by atoms with Crippen molar-refractivity contribution >= 4 is 0 Å². The normalized spacial score (nSPS) is 17.8. The molecule has 0 aromatic heterocycles. The third-order valence-electron chi connectivity index (χ3n) is 3.95. The fraction of sp³-hybridized carbons (Fsp3) is 0.625. The van der Waals surface area contributed by atoms with Crippen LogP contribution in [0.4, 0.5) is 0 Å². The molecular formula is C16H26N2O2. The Hall–Kier alpha value is -1.26. The number of benzene rings is 1. The molecule has 1 aromatic rings. The summed E-state index contributed by atoms with van der Waals surface area (Å²) in [6.45, 7) is 6.62. The van der Waals surface area contributed by atoms with Crippen LogP contribution in [0.2, 0.25) is 0 Å². The summed E-state index contributed by atoms with van der Waals surface area (Å²) >= 11 is 0. The first-order valence-corrected chi connectivity index (χ1v) is 7.46. The molecule has 4 nitrogen and oxygen atoms in total. The summed E-state index contributed by atoms with van der Waals surface area (Å²) in [5.74, 6) is 1.62. The van der Waals surface area contributed by atoms with E-state index in [0.29, 0.717) is 6.04 Å². The van der Waals surface area contributed by atoms with Gasteiger partial charge in [0.05, 0.1) is 14.2 Å². The topological polar surface area (TPSA) is 33.7 Å². The predicted octanol–water partition coefficient (Wildman–Crippen LogP) is 2.45. The smallest absolute Gasteiger partial charge is 0.161 e. The molecule has 0 bridgehead atoms. The minimum atomic E-state index is 0.474. The molecule has 1 aromatic carbocycles. The molecule has 2 rings (SSSR count). The van der Waals surface area contributed by atoms with Gasteiger partial charge in [-0.1, -0.05) is 19.4 Å². The van der Waals surface area contributed by atoms with Crippen molar-refractivity contribution < 1.29 is 9.47 Å². The van der Waals surface area contributed by atoms with E-state index < -0.39 is 0 Å². The average molecular weight is 278 g/mol. The van der Waals surface area contributed by atoms with E-state index in [1.807, 2.05) is 6.07 Å². The van der Waals surface area contributed by atoms with Gasteiger partial charge in [0, 0.05) is 32.2 Å². The van der Waals surface area contributed by atoms with E-state index in [2.05, 4.69) is 29.3 Å². The van der Waals surface area contributed by atoms with Gasteiger partial charge in [-0.05, 0) is 24.1 Å². The molecule has 1 fully saturated rings. The van der Waals surface area contributed by atoms with Gasteiger partial charge < -0.3 is 14.8 Å². The van der Waals surface area contributed by atoms with E-state index in [-0.39, 0.29) is 0 Å². The molecule has 1 saturated heterocycles. The number of rotatable bonds is 6. The number of methoxy groups -OCH3 is 2. The highest BCUT2D eigenvalue weighted by atomic mass is 16.5. The molecule has 0 aliphatic carbocycles. The first-order valence-electron chi connectivity index (χ1n) is 7.46. The number of nitrogens with zero attached hydrogens (tertiary/aromatic N) is 1. The Balaban J connectivity index is 2.23. The molecule has 1 N–H and O–H groups in total. The van der Waals surface area contributed by atoms with Crippen molar-refractivity contribution in [1.29, 1.82) is 0 Å². The first-order chi connectivity index (χ1) is 9.80. The van der Waals surface area contributed by atoms with Gasteiger partial charge in [0.25, 0.3) is 0 Å². The van der Waals surface area contributed by atoms with Gasteiger partial charge >= 0.3 is 0 Å². The highest BCUT2D eigenvalue weighted by Gasteiger charge is 2.22. The third-order valence-corrected chi connectivity index (χ3v) is 3.95. The second kappa shape index (κ2) is 7.50. The van der Waals surface area contributed by atoms with Crippen molar-refractivity contribution in [2.45, 2.75) is 25.8 Å². The van der Waals surface area contributed by atoms with Crippen molar-refractivity contribution in [3.8, 4) is 11.5 Å². The maximum absolute atomic E-state index is 5.44. The highest BCUT2D eigenvalue weighted by molar-refractivity contribution is 5.43. The van der Waals surface area contributed by atoms with Gasteiger partial charge in [-0.15, -0.1) is 0 Å². The molecule has 1 heterocycles. The van der Waals surface area contributed by atoms with E-state index in [0.717, 1.165) is 37.7 Å². The van der Waals surface area contributed by atoms with Gasteiger partial charge in [-0.3, -0.25) is 4.90 Å². The summed E-state index contributed by atoms with van der Waals surface area (Å²) < 4.78 is 10.8. The molecule has 1 aliphatic rings. The summed E-state index contributed by atoms with van der Waals surface area (Å²) in [4.78, 5) is 2.57. The monoisotopic (exact) mass is 278 g/mol. The highest BCUT2D eigenvalue weighted by Crippen LogP contribution is 2.33. The second-order valence-corrected chi connectivity index (χ2v) is 5.20. The Bertz CT molecular complexity index is 417. The van der Waals surface area contributed by atoms with Crippen LogP contribution in [0, 0.1) is 0 Å². The van der Waals surface area contributed by atoms with Crippen LogP contribution < -0.4 is 14.8 Å². The SMILES string of the molecule is CCC[C@H](c1ccc(OC)c(OC)c1)N1CCNCC1. The average Bonchev–Trinajstić information content (AvgIpc) is 2.52. The molecule has 4 heteroatoms. The van der Waals surface area contributed by atoms with Crippen molar-refractivity contribution in [2.75, 3.05) is 40.4 Å². The Kier molecular flexibility index (Phi) is 5.68. The van der Waals surface area contributed by atoms with Crippen molar-refractivity contribution in [3.63, 3.8) is 0 Å². The molecule has 0 spiro atoms. The lowest BCUT2D eigenvalue weighted by atomic mass is 9.99. The van der Waals surface area contributed by atoms with E-state index >= 15 is 0 Å². The van der Waals surface area contributed by atoms with Crippen molar-refractivity contribution in [2.24, 2.45) is 0 Å². The quantitative estimate of drug-likeness (QED) is 0.866. The standard InChI is InChI=1S/C16H26N2O2/c1-4-5-14(18-10-8-17-9-11-18)13-6-7-15(19-2)16(12-13)20-3/h6-7,12,14,17H,4-5,8-11H2,1-3H3/t14-/m1/s1. The van der Waals surface area contributed by atoms with Gasteiger partial charge in [-0.25, -0.2) is 0 Å². The van der Waals surface area contributed by atoms with Crippen LogP contribution in [0.5, 0.6) is 11.5 Å². The van der Waals surface area contributed by atoms with E-state index in [1.165, 1.54) is 18.4 Å². The Morgan fingerprint density at radius 3 is 2.45 bits per heavy atom. The minimum absolute atomic E-state index is 0.474. The lowest BCUT2D eigenvalue weighted by Crippen LogP contribution is -2.45. The summed E-state index contributed by atoms with van der Waals surface area (Å²) in [5.41, 5.74) is 1.33. The van der Waals surface area contributed by atoms with E-state index in [4.69, 9.17) is 9.47 Å². The lowest BCUT2D eigenvalue weighted by Gasteiger charge is -2.35. The Labute approximate surface area is 122 Å². The van der Waals surface area contributed by atoms with Crippen molar-refractivity contribution in [1.82, 2.24) is 10.2 Å². The molecule has 0 saturated carbocycles. The zero-order valence-corrected chi connectivity index (χ0v) is 12.8. The Morgan fingerprint density at radius 1 is 1.15 bits per heavy atom. The Morgan fingerprint density at radius 2 is 1.85 bits per heavy atom. The fourth-order valence-electron chi connectivity index (χ4n) is 2.89. The summed E-state index contributed by atoms with van der Waals surface area (Å²) in [6.07, 6.45) is 2.36. The maximum Gasteiger partial charge on any atom is 0.161 e. The van der Waals surface area contributed by atoms with Crippen LogP contribution in [0.1, 0.15) is 31.4 Å². The first kappa shape index (κ1) is 15.1. The van der Waals surface area contributed by atoms with Gasteiger partial charge in [0.15, 0.2) is 11.5 Å². The van der Waals surface area contributed by atoms with Gasteiger partial charge in [-0.2, -0.15) is 0 Å². The van der Waals surface area contributed by atoms with Crippen LogP contribution in [0.3, 0.4) is 0 Å².